The molecule has 3 aromatic rings. The first kappa shape index (κ1) is 21.6. The third-order valence-electron chi connectivity index (χ3n) is 3.95. The average Bonchev–Trinajstić information content (AvgIpc) is 2.69. The van der Waals surface area contributed by atoms with Gasteiger partial charge >= 0.3 is 0 Å². The van der Waals surface area contributed by atoms with E-state index in [1.165, 1.54) is 19.2 Å². The van der Waals surface area contributed by atoms with Gasteiger partial charge < -0.3 is 10.1 Å². The zero-order valence-electron chi connectivity index (χ0n) is 16.0. The average molecular weight is 448 g/mol. The highest BCUT2D eigenvalue weighted by atomic mass is 35.5. The first-order chi connectivity index (χ1) is 14.4. The molecule has 1 aromatic heterocycles. The second-order valence-corrected chi connectivity index (χ2v) is 8.25. The predicted octanol–water partition coefficient (Wildman–Crippen LogP) is 5.24. The van der Waals surface area contributed by atoms with Gasteiger partial charge in [-0.25, -0.2) is 18.7 Å². The maximum atomic E-state index is 14.4. The minimum absolute atomic E-state index is 0.0328. The molecule has 30 heavy (non-hydrogen) atoms. The Morgan fingerprint density at radius 1 is 1.27 bits per heavy atom. The van der Waals surface area contributed by atoms with E-state index in [9.17, 15) is 8.78 Å². The van der Waals surface area contributed by atoms with Crippen molar-refractivity contribution in [3.63, 3.8) is 0 Å². The summed E-state index contributed by atoms with van der Waals surface area (Å²) in [6, 6.07) is 9.02. The van der Waals surface area contributed by atoms with E-state index in [1.54, 1.807) is 18.3 Å². The summed E-state index contributed by atoms with van der Waals surface area (Å²) in [5.41, 5.74) is 1.73. The van der Waals surface area contributed by atoms with E-state index < -0.39 is 22.3 Å². The molecule has 1 atom stereocenters. The van der Waals surface area contributed by atoms with Crippen molar-refractivity contribution < 1.29 is 13.5 Å². The van der Waals surface area contributed by atoms with E-state index in [2.05, 4.69) is 19.6 Å². The normalized spacial score (nSPS) is 11.7. The third kappa shape index (κ3) is 5.28. The number of halogens is 3. The molecule has 0 aliphatic carbocycles. The number of rotatable bonds is 6. The Morgan fingerprint density at radius 3 is 2.80 bits per heavy atom. The molecule has 10 heteroatoms. The Bertz CT molecular complexity index is 1170. The van der Waals surface area contributed by atoms with Crippen molar-refractivity contribution in [3.8, 4) is 23.2 Å². The van der Waals surface area contributed by atoms with Crippen molar-refractivity contribution in [2.24, 2.45) is 4.36 Å². The minimum atomic E-state index is -0.676. The summed E-state index contributed by atoms with van der Waals surface area (Å²) in [6.07, 6.45) is 4.67. The lowest BCUT2D eigenvalue weighted by atomic mass is 10.1. The Balaban J connectivity index is 1.94. The van der Waals surface area contributed by atoms with Crippen molar-refractivity contribution in [2.75, 3.05) is 18.7 Å². The monoisotopic (exact) mass is 447 g/mol. The molecule has 0 bridgehead atoms. The van der Waals surface area contributed by atoms with Crippen molar-refractivity contribution in [2.45, 2.75) is 5.75 Å². The van der Waals surface area contributed by atoms with Crippen LogP contribution < -0.4 is 10.1 Å². The zero-order chi connectivity index (χ0) is 21.7. The number of hydrogen-bond acceptors (Lipinski definition) is 6. The van der Waals surface area contributed by atoms with Crippen LogP contribution in [0.5, 0.6) is 5.75 Å². The topological polar surface area (TPSA) is 83.2 Å². The molecule has 154 valence electrons. The Morgan fingerprint density at radius 2 is 2.07 bits per heavy atom. The van der Waals surface area contributed by atoms with Crippen molar-refractivity contribution in [1.29, 1.82) is 5.26 Å². The molecule has 0 aliphatic heterocycles. The second-order valence-electron chi connectivity index (χ2n) is 6.14. The molecule has 6 nitrogen and oxygen atoms in total. The van der Waals surface area contributed by atoms with Crippen LogP contribution in [-0.4, -0.2) is 23.3 Å². The first-order valence-corrected chi connectivity index (χ1v) is 10.7. The summed E-state index contributed by atoms with van der Waals surface area (Å²) >= 11 is 6.20. The summed E-state index contributed by atoms with van der Waals surface area (Å²) in [5.74, 6) is -0.355. The molecule has 2 aromatic carbocycles. The highest BCUT2D eigenvalue weighted by Gasteiger charge is 2.15. The van der Waals surface area contributed by atoms with E-state index in [0.29, 0.717) is 22.0 Å². The van der Waals surface area contributed by atoms with Gasteiger partial charge in [0.2, 0.25) is 12.1 Å². The van der Waals surface area contributed by atoms with Gasteiger partial charge in [0.05, 0.1) is 13.3 Å². The molecule has 0 saturated carbocycles. The van der Waals surface area contributed by atoms with Gasteiger partial charge in [-0.1, -0.05) is 22.3 Å². The largest absolute Gasteiger partial charge is 0.496 e. The van der Waals surface area contributed by atoms with Gasteiger partial charge in [-0.05, 0) is 42.2 Å². The first-order valence-electron chi connectivity index (χ1n) is 8.55. The van der Waals surface area contributed by atoms with Gasteiger partial charge in [-0.2, -0.15) is 9.62 Å². The van der Waals surface area contributed by atoms with Crippen LogP contribution in [0.4, 0.5) is 20.4 Å². The Kier molecular flexibility index (Phi) is 6.92. The standard InChI is InChI=1S/C20H16ClF2N5OS/c1-29-18-8-14(22)3-4-16(18)19-17(23)9-25-20(28-19)27-15-6-12(5-13(21)7-15)10-30(2)26-11-24/h3-9H,10H2,1-2H3,(H,25,27,28). The number of methoxy groups -OCH3 is 1. The molecule has 1 N–H and O–H groups in total. The second kappa shape index (κ2) is 9.61. The lowest BCUT2D eigenvalue weighted by molar-refractivity contribution is 0.412. The van der Waals surface area contributed by atoms with E-state index >= 15 is 0 Å². The maximum absolute atomic E-state index is 14.4. The predicted molar refractivity (Wildman–Crippen MR) is 114 cm³/mol. The van der Waals surface area contributed by atoms with Gasteiger partial charge in [-0.15, -0.1) is 0 Å². The Hall–Kier alpha value is -3.09. The minimum Gasteiger partial charge on any atom is -0.496 e. The molecular formula is C20H16ClF2N5OS. The van der Waals surface area contributed by atoms with Crippen LogP contribution in [0.3, 0.4) is 0 Å². The van der Waals surface area contributed by atoms with E-state index in [0.717, 1.165) is 17.8 Å². The van der Waals surface area contributed by atoms with Crippen LogP contribution >= 0.6 is 11.6 Å². The highest BCUT2D eigenvalue weighted by Crippen LogP contribution is 2.32. The van der Waals surface area contributed by atoms with Gasteiger partial charge in [-0.3, -0.25) is 0 Å². The summed E-state index contributed by atoms with van der Waals surface area (Å²) < 4.78 is 36.8. The number of nitrogens with zero attached hydrogens (tertiary/aromatic N) is 4. The summed E-state index contributed by atoms with van der Waals surface area (Å²) in [6.45, 7) is 0. The summed E-state index contributed by atoms with van der Waals surface area (Å²) in [5, 5.41) is 12.2. The third-order valence-corrected chi connectivity index (χ3v) is 5.31. The van der Waals surface area contributed by atoms with E-state index in [1.807, 2.05) is 12.3 Å². The zero-order valence-corrected chi connectivity index (χ0v) is 17.6. The fraction of sp³-hybridized carbons (Fsp3) is 0.150. The smallest absolute Gasteiger partial charge is 0.227 e. The molecule has 0 spiro atoms. The molecule has 0 saturated heterocycles. The van der Waals surface area contributed by atoms with Gasteiger partial charge in [0.1, 0.15) is 17.3 Å². The molecule has 0 fully saturated rings. The number of hydrogen-bond donors (Lipinski definition) is 1. The van der Waals surface area contributed by atoms with Crippen molar-refractivity contribution in [3.05, 3.63) is 64.8 Å². The number of nitriles is 1. The lowest BCUT2D eigenvalue weighted by Crippen LogP contribution is -2.02. The molecule has 1 heterocycles. The fourth-order valence-corrected chi connectivity index (χ4v) is 3.87. The maximum Gasteiger partial charge on any atom is 0.227 e. The molecule has 0 aliphatic rings. The fourth-order valence-electron chi connectivity index (χ4n) is 2.76. The van der Waals surface area contributed by atoms with Crippen LogP contribution in [0, 0.1) is 23.1 Å². The SMILES string of the molecule is COc1cc(F)ccc1-c1nc(Nc2cc(Cl)cc(CS(C)=NC#N)c2)ncc1F. The molecular weight excluding hydrogens is 432 g/mol. The van der Waals surface area contributed by atoms with Crippen LogP contribution in [0.2, 0.25) is 5.02 Å². The van der Waals surface area contributed by atoms with E-state index in [4.69, 9.17) is 21.6 Å². The van der Waals surface area contributed by atoms with Crippen LogP contribution in [0.1, 0.15) is 5.56 Å². The molecule has 0 amide bonds. The number of anilines is 2. The highest BCUT2D eigenvalue weighted by molar-refractivity contribution is 7.85. The molecule has 1 unspecified atom stereocenters. The Labute approximate surface area is 179 Å². The number of nitrogens with one attached hydrogen (secondary N) is 1. The van der Waals surface area contributed by atoms with Gasteiger partial charge in [0.15, 0.2) is 5.82 Å². The van der Waals surface area contributed by atoms with Crippen molar-refractivity contribution >= 4 is 33.9 Å². The van der Waals surface area contributed by atoms with E-state index in [-0.39, 0.29) is 17.4 Å². The number of ether oxygens (including phenoxy) is 1. The molecule has 0 radical (unpaired) electrons. The number of aromatic nitrogens is 2. The quantitative estimate of drug-likeness (QED) is 0.522. The van der Waals surface area contributed by atoms with Crippen LogP contribution in [0.25, 0.3) is 11.3 Å². The van der Waals surface area contributed by atoms with Crippen LogP contribution in [0.15, 0.2) is 47.0 Å². The number of benzene rings is 2. The lowest BCUT2D eigenvalue weighted by Gasteiger charge is -2.12. The van der Waals surface area contributed by atoms with Gasteiger partial charge in [0, 0.05) is 28.1 Å². The summed E-state index contributed by atoms with van der Waals surface area (Å²) in [7, 11) is 0.896. The van der Waals surface area contributed by atoms with Gasteiger partial charge in [0.25, 0.3) is 0 Å². The van der Waals surface area contributed by atoms with Crippen molar-refractivity contribution in [1.82, 2.24) is 9.97 Å². The van der Waals surface area contributed by atoms with Crippen LogP contribution in [-0.2, 0) is 16.4 Å². The molecule has 3 rings (SSSR count). The summed E-state index contributed by atoms with van der Waals surface area (Å²) in [4.78, 5) is 8.19.